The zero-order valence-corrected chi connectivity index (χ0v) is 11.4. The molecule has 0 aliphatic heterocycles. The summed E-state index contributed by atoms with van der Waals surface area (Å²) in [7, 11) is 0. The van der Waals surface area contributed by atoms with Crippen molar-refractivity contribution in [2.45, 2.75) is 12.8 Å². The van der Waals surface area contributed by atoms with Crippen LogP contribution < -0.4 is 0 Å². The summed E-state index contributed by atoms with van der Waals surface area (Å²) in [4.78, 5) is 13.8. The molecular weight excluding hydrogens is 297 g/mol. The van der Waals surface area contributed by atoms with Gasteiger partial charge in [0.05, 0.1) is 12.1 Å². The van der Waals surface area contributed by atoms with Gasteiger partial charge in [0, 0.05) is 11.0 Å². The minimum absolute atomic E-state index is 0.0697. The molecule has 1 amide bonds. The van der Waals surface area contributed by atoms with Gasteiger partial charge in [-0.05, 0) is 37.0 Å². The molecule has 0 bridgehead atoms. The van der Waals surface area contributed by atoms with Gasteiger partial charge >= 0.3 is 0 Å². The number of halogens is 2. The highest BCUT2D eigenvalue weighted by Gasteiger charge is 2.27. The fraction of sp³-hybridized carbons (Fsp3) is 0.357. The molecule has 1 aromatic rings. The van der Waals surface area contributed by atoms with E-state index in [1.165, 1.54) is 12.1 Å². The Morgan fingerprint density at radius 3 is 2.89 bits per heavy atom. The van der Waals surface area contributed by atoms with Gasteiger partial charge in [-0.1, -0.05) is 21.9 Å². The van der Waals surface area contributed by atoms with Crippen molar-refractivity contribution in [3.8, 4) is 12.3 Å². The van der Waals surface area contributed by atoms with E-state index in [9.17, 15) is 9.18 Å². The first-order valence-electron chi connectivity index (χ1n) is 5.79. The van der Waals surface area contributed by atoms with Gasteiger partial charge < -0.3 is 4.90 Å². The molecule has 1 aromatic carbocycles. The Morgan fingerprint density at radius 2 is 2.28 bits per heavy atom. The van der Waals surface area contributed by atoms with Gasteiger partial charge in [0.1, 0.15) is 5.82 Å². The zero-order chi connectivity index (χ0) is 13.1. The number of carbonyl (C=O) groups excluding carboxylic acids is 1. The molecule has 0 atom stereocenters. The van der Waals surface area contributed by atoms with E-state index in [2.05, 4.69) is 21.9 Å². The number of hydrogen-bond acceptors (Lipinski definition) is 1. The number of rotatable bonds is 4. The lowest BCUT2D eigenvalue weighted by Gasteiger charge is -2.20. The molecule has 1 fully saturated rings. The molecule has 0 heterocycles. The Morgan fingerprint density at radius 1 is 1.56 bits per heavy atom. The first kappa shape index (κ1) is 13.1. The number of nitrogens with zero attached hydrogens (tertiary/aromatic N) is 1. The van der Waals surface area contributed by atoms with Crippen molar-refractivity contribution in [2.24, 2.45) is 5.92 Å². The standard InChI is InChI=1S/C14H13BrFNO/c1-2-7-17(9-10-3-4-10)14(18)12-8-11(15)5-6-13(12)16/h1,5-6,8,10H,3-4,7,9H2. The Balaban J connectivity index is 2.20. The van der Waals surface area contributed by atoms with Crippen LogP contribution in [0.15, 0.2) is 22.7 Å². The van der Waals surface area contributed by atoms with Crippen molar-refractivity contribution in [1.82, 2.24) is 4.90 Å². The smallest absolute Gasteiger partial charge is 0.257 e. The molecule has 18 heavy (non-hydrogen) atoms. The number of carbonyl (C=O) groups is 1. The van der Waals surface area contributed by atoms with Gasteiger partial charge in [0.15, 0.2) is 0 Å². The Kier molecular flexibility index (Phi) is 4.03. The van der Waals surface area contributed by atoms with Crippen molar-refractivity contribution in [2.75, 3.05) is 13.1 Å². The van der Waals surface area contributed by atoms with Crippen molar-refractivity contribution < 1.29 is 9.18 Å². The van der Waals surface area contributed by atoms with Crippen LogP contribution in [0.5, 0.6) is 0 Å². The van der Waals surface area contributed by atoms with Crippen LogP contribution in [0.4, 0.5) is 4.39 Å². The number of hydrogen-bond donors (Lipinski definition) is 0. The van der Waals surface area contributed by atoms with E-state index in [1.54, 1.807) is 11.0 Å². The molecule has 0 aromatic heterocycles. The van der Waals surface area contributed by atoms with Gasteiger partial charge in [0.2, 0.25) is 0 Å². The maximum absolute atomic E-state index is 13.7. The monoisotopic (exact) mass is 309 g/mol. The van der Waals surface area contributed by atoms with E-state index in [-0.39, 0.29) is 18.0 Å². The second-order valence-electron chi connectivity index (χ2n) is 4.46. The van der Waals surface area contributed by atoms with E-state index in [4.69, 9.17) is 6.42 Å². The average molecular weight is 310 g/mol. The first-order valence-corrected chi connectivity index (χ1v) is 6.59. The Hall–Kier alpha value is -1.34. The second kappa shape index (κ2) is 5.53. The van der Waals surface area contributed by atoms with Crippen LogP contribution in [0.2, 0.25) is 0 Å². The van der Waals surface area contributed by atoms with Crippen LogP contribution in [-0.4, -0.2) is 23.9 Å². The Labute approximate surface area is 114 Å². The fourth-order valence-electron chi connectivity index (χ4n) is 1.77. The van der Waals surface area contributed by atoms with Gasteiger partial charge in [-0.15, -0.1) is 6.42 Å². The summed E-state index contributed by atoms with van der Waals surface area (Å²) >= 11 is 3.24. The van der Waals surface area contributed by atoms with Crippen LogP contribution in [0.25, 0.3) is 0 Å². The lowest BCUT2D eigenvalue weighted by atomic mass is 10.1. The number of amides is 1. The maximum atomic E-state index is 13.7. The molecule has 4 heteroatoms. The minimum Gasteiger partial charge on any atom is -0.327 e. The molecule has 2 nitrogen and oxygen atoms in total. The molecule has 0 unspecified atom stereocenters. The zero-order valence-electron chi connectivity index (χ0n) is 9.83. The van der Waals surface area contributed by atoms with Crippen LogP contribution in [0.3, 0.4) is 0 Å². The quantitative estimate of drug-likeness (QED) is 0.783. The summed E-state index contributed by atoms with van der Waals surface area (Å²) in [6.07, 6.45) is 7.50. The van der Waals surface area contributed by atoms with Crippen molar-refractivity contribution in [3.63, 3.8) is 0 Å². The normalized spacial score (nSPS) is 14.1. The van der Waals surface area contributed by atoms with E-state index >= 15 is 0 Å². The van der Waals surface area contributed by atoms with Crippen molar-refractivity contribution >= 4 is 21.8 Å². The van der Waals surface area contributed by atoms with E-state index in [0.29, 0.717) is 16.9 Å². The third-order valence-corrected chi connectivity index (χ3v) is 3.40. The van der Waals surface area contributed by atoms with Gasteiger partial charge in [-0.2, -0.15) is 0 Å². The first-order chi connectivity index (χ1) is 8.61. The lowest BCUT2D eigenvalue weighted by molar-refractivity contribution is 0.0765. The topological polar surface area (TPSA) is 20.3 Å². The van der Waals surface area contributed by atoms with Crippen LogP contribution in [-0.2, 0) is 0 Å². The highest BCUT2D eigenvalue weighted by Crippen LogP contribution is 2.30. The van der Waals surface area contributed by atoms with Crippen LogP contribution in [0.1, 0.15) is 23.2 Å². The predicted octanol–water partition coefficient (Wildman–Crippen LogP) is 3.07. The molecule has 1 aliphatic rings. The SMILES string of the molecule is C#CCN(CC1CC1)C(=O)c1cc(Br)ccc1F. The highest BCUT2D eigenvalue weighted by atomic mass is 79.9. The van der Waals surface area contributed by atoms with E-state index in [1.807, 2.05) is 0 Å². The summed E-state index contributed by atoms with van der Waals surface area (Å²) in [6.45, 7) is 0.844. The molecule has 2 rings (SSSR count). The van der Waals surface area contributed by atoms with E-state index in [0.717, 1.165) is 12.8 Å². The molecule has 0 radical (unpaired) electrons. The third-order valence-electron chi connectivity index (χ3n) is 2.90. The summed E-state index contributed by atoms with van der Waals surface area (Å²) in [5.41, 5.74) is 0.0697. The lowest BCUT2D eigenvalue weighted by Crippen LogP contribution is -2.33. The summed E-state index contributed by atoms with van der Waals surface area (Å²) in [6, 6.07) is 4.34. The molecule has 1 saturated carbocycles. The van der Waals surface area contributed by atoms with Gasteiger partial charge in [-0.25, -0.2) is 4.39 Å². The highest BCUT2D eigenvalue weighted by molar-refractivity contribution is 9.10. The third kappa shape index (κ3) is 3.11. The van der Waals surface area contributed by atoms with Crippen LogP contribution in [0, 0.1) is 24.1 Å². The summed E-state index contributed by atoms with van der Waals surface area (Å²) in [5, 5.41) is 0. The molecule has 0 saturated heterocycles. The summed E-state index contributed by atoms with van der Waals surface area (Å²) in [5.74, 6) is 2.13. The summed E-state index contributed by atoms with van der Waals surface area (Å²) < 4.78 is 14.3. The molecule has 94 valence electrons. The average Bonchev–Trinajstić information content (AvgIpc) is 3.15. The maximum Gasteiger partial charge on any atom is 0.257 e. The molecule has 0 spiro atoms. The molecular formula is C14H13BrFNO. The molecule has 0 N–H and O–H groups in total. The molecule has 1 aliphatic carbocycles. The predicted molar refractivity (Wildman–Crippen MR) is 71.6 cm³/mol. The Bertz CT molecular complexity index is 505. The number of benzene rings is 1. The van der Waals surface area contributed by atoms with Crippen molar-refractivity contribution in [3.05, 3.63) is 34.1 Å². The number of terminal acetylenes is 1. The largest absolute Gasteiger partial charge is 0.327 e. The van der Waals surface area contributed by atoms with Gasteiger partial charge in [-0.3, -0.25) is 4.79 Å². The second-order valence-corrected chi connectivity index (χ2v) is 5.37. The van der Waals surface area contributed by atoms with Crippen LogP contribution >= 0.6 is 15.9 Å². The van der Waals surface area contributed by atoms with Gasteiger partial charge in [0.25, 0.3) is 5.91 Å². The fourth-order valence-corrected chi connectivity index (χ4v) is 2.13. The minimum atomic E-state index is -0.513. The van der Waals surface area contributed by atoms with E-state index < -0.39 is 5.82 Å². The van der Waals surface area contributed by atoms with Crippen molar-refractivity contribution in [1.29, 1.82) is 0 Å².